The lowest BCUT2D eigenvalue weighted by Crippen LogP contribution is -2.10. The molecule has 0 bridgehead atoms. The number of carbonyl (C=O) groups excluding carboxylic acids is 1. The monoisotopic (exact) mass is 352 g/mol. The van der Waals surface area contributed by atoms with Crippen LogP contribution in [0, 0.1) is 0 Å². The van der Waals surface area contributed by atoms with Crippen molar-refractivity contribution in [2.24, 2.45) is 0 Å². The predicted octanol–water partition coefficient (Wildman–Crippen LogP) is 4.89. The topological polar surface area (TPSA) is 55.1 Å². The molecule has 0 atom stereocenters. The van der Waals surface area contributed by atoms with Crippen molar-refractivity contribution < 1.29 is 9.21 Å². The molecular formula is C15H10Cl2N2O2S. The molecule has 112 valence electrons. The molecule has 3 aromatic rings. The SMILES string of the molecule is O=C(Nc1ncc(Cc2cc(Cl)ccc2Cl)s1)c1ccoc1. The standard InChI is InChI=1S/C15H10Cl2N2O2S/c16-11-1-2-13(17)10(5-11)6-12-7-18-15(22-12)19-14(20)9-3-4-21-8-9/h1-5,7-8H,6H2,(H,18,19,20). The third-order valence-electron chi connectivity index (χ3n) is 2.93. The van der Waals surface area contributed by atoms with Gasteiger partial charge in [0.25, 0.3) is 5.91 Å². The summed E-state index contributed by atoms with van der Waals surface area (Å²) in [6.45, 7) is 0. The van der Waals surface area contributed by atoms with Crippen LogP contribution in [-0.2, 0) is 6.42 Å². The Morgan fingerprint density at radius 2 is 2.18 bits per heavy atom. The summed E-state index contributed by atoms with van der Waals surface area (Å²) in [5.41, 5.74) is 1.38. The van der Waals surface area contributed by atoms with Crippen LogP contribution in [0.3, 0.4) is 0 Å². The van der Waals surface area contributed by atoms with Crippen LogP contribution in [0.4, 0.5) is 5.13 Å². The van der Waals surface area contributed by atoms with Gasteiger partial charge in [-0.25, -0.2) is 4.98 Å². The summed E-state index contributed by atoms with van der Waals surface area (Å²) in [4.78, 5) is 17.1. The first kappa shape index (κ1) is 15.1. The highest BCUT2D eigenvalue weighted by Gasteiger charge is 2.11. The summed E-state index contributed by atoms with van der Waals surface area (Å²) in [6, 6.07) is 6.93. The van der Waals surface area contributed by atoms with Gasteiger partial charge in [0, 0.05) is 27.5 Å². The zero-order chi connectivity index (χ0) is 15.5. The highest BCUT2D eigenvalue weighted by atomic mass is 35.5. The second kappa shape index (κ2) is 6.52. The average molecular weight is 353 g/mol. The molecule has 0 saturated carbocycles. The van der Waals surface area contributed by atoms with E-state index in [1.54, 1.807) is 24.4 Å². The molecule has 0 unspecified atom stereocenters. The van der Waals surface area contributed by atoms with E-state index in [1.807, 2.05) is 6.07 Å². The predicted molar refractivity (Wildman–Crippen MR) is 88.0 cm³/mol. The van der Waals surface area contributed by atoms with Crippen LogP contribution < -0.4 is 5.32 Å². The summed E-state index contributed by atoms with van der Waals surface area (Å²) >= 11 is 13.5. The molecule has 7 heteroatoms. The van der Waals surface area contributed by atoms with Crippen molar-refractivity contribution in [2.75, 3.05) is 5.32 Å². The second-order valence-corrected chi connectivity index (χ2v) is 6.47. The Labute approximate surface area is 140 Å². The van der Waals surface area contributed by atoms with Crippen LogP contribution in [-0.4, -0.2) is 10.9 Å². The molecule has 0 fully saturated rings. The van der Waals surface area contributed by atoms with Gasteiger partial charge >= 0.3 is 0 Å². The van der Waals surface area contributed by atoms with Gasteiger partial charge in [-0.3, -0.25) is 10.1 Å². The van der Waals surface area contributed by atoms with Gasteiger partial charge in [0.15, 0.2) is 5.13 Å². The number of halogens is 2. The Bertz CT molecular complexity index is 800. The molecule has 1 amide bonds. The summed E-state index contributed by atoms with van der Waals surface area (Å²) in [5, 5.41) is 4.54. The number of nitrogens with one attached hydrogen (secondary N) is 1. The minimum atomic E-state index is -0.254. The maximum Gasteiger partial charge on any atom is 0.260 e. The Kier molecular flexibility index (Phi) is 4.47. The third kappa shape index (κ3) is 3.50. The van der Waals surface area contributed by atoms with Crippen molar-refractivity contribution in [1.82, 2.24) is 4.98 Å². The molecule has 22 heavy (non-hydrogen) atoms. The fourth-order valence-corrected chi connectivity index (χ4v) is 3.09. The maximum absolute atomic E-state index is 11.9. The van der Waals surface area contributed by atoms with Crippen LogP contribution in [0.15, 0.2) is 47.4 Å². The normalized spacial score (nSPS) is 10.6. The number of thiazole rings is 1. The Hall–Kier alpha value is -1.82. The number of amides is 1. The van der Waals surface area contributed by atoms with E-state index in [-0.39, 0.29) is 5.91 Å². The molecular weight excluding hydrogens is 343 g/mol. The Balaban J connectivity index is 1.71. The van der Waals surface area contributed by atoms with Crippen molar-refractivity contribution >= 4 is 45.6 Å². The fourth-order valence-electron chi connectivity index (χ4n) is 1.88. The number of anilines is 1. The van der Waals surface area contributed by atoms with Crippen LogP contribution in [0.2, 0.25) is 10.0 Å². The van der Waals surface area contributed by atoms with Crippen molar-refractivity contribution in [3.63, 3.8) is 0 Å². The van der Waals surface area contributed by atoms with E-state index in [0.717, 1.165) is 10.4 Å². The van der Waals surface area contributed by atoms with Crippen molar-refractivity contribution in [3.8, 4) is 0 Å². The molecule has 2 aromatic heterocycles. The first-order valence-corrected chi connectivity index (χ1v) is 7.91. The smallest absolute Gasteiger partial charge is 0.260 e. The molecule has 4 nitrogen and oxygen atoms in total. The van der Waals surface area contributed by atoms with E-state index in [2.05, 4.69) is 10.3 Å². The lowest BCUT2D eigenvalue weighted by Gasteiger charge is -2.02. The van der Waals surface area contributed by atoms with Crippen LogP contribution >= 0.6 is 34.5 Å². The van der Waals surface area contributed by atoms with Crippen LogP contribution in [0.25, 0.3) is 0 Å². The summed E-state index contributed by atoms with van der Waals surface area (Å²) in [5.74, 6) is -0.254. The summed E-state index contributed by atoms with van der Waals surface area (Å²) in [7, 11) is 0. The van der Waals surface area contributed by atoms with Gasteiger partial charge in [-0.15, -0.1) is 11.3 Å². The molecule has 3 rings (SSSR count). The molecule has 0 aliphatic heterocycles. The van der Waals surface area contributed by atoms with Gasteiger partial charge in [0.05, 0.1) is 11.8 Å². The lowest BCUT2D eigenvalue weighted by atomic mass is 10.1. The molecule has 1 aromatic carbocycles. The van der Waals surface area contributed by atoms with E-state index in [9.17, 15) is 4.79 Å². The zero-order valence-electron chi connectivity index (χ0n) is 11.2. The number of aromatic nitrogens is 1. The average Bonchev–Trinajstić information content (AvgIpc) is 3.14. The molecule has 0 saturated heterocycles. The van der Waals surface area contributed by atoms with Gasteiger partial charge in [-0.2, -0.15) is 0 Å². The number of nitrogens with zero attached hydrogens (tertiary/aromatic N) is 1. The number of hydrogen-bond donors (Lipinski definition) is 1. The lowest BCUT2D eigenvalue weighted by molar-refractivity contribution is 0.102. The van der Waals surface area contributed by atoms with Gasteiger partial charge in [-0.05, 0) is 29.8 Å². The van der Waals surface area contributed by atoms with E-state index >= 15 is 0 Å². The number of rotatable bonds is 4. The molecule has 0 spiro atoms. The molecule has 2 heterocycles. The summed E-state index contributed by atoms with van der Waals surface area (Å²) in [6.07, 6.45) is 5.16. The summed E-state index contributed by atoms with van der Waals surface area (Å²) < 4.78 is 4.88. The Morgan fingerprint density at radius 3 is 2.95 bits per heavy atom. The largest absolute Gasteiger partial charge is 0.472 e. The van der Waals surface area contributed by atoms with Crippen molar-refractivity contribution in [1.29, 1.82) is 0 Å². The van der Waals surface area contributed by atoms with Crippen LogP contribution in [0.1, 0.15) is 20.8 Å². The van der Waals surface area contributed by atoms with Gasteiger partial charge in [0.2, 0.25) is 0 Å². The van der Waals surface area contributed by atoms with Crippen molar-refractivity contribution in [2.45, 2.75) is 6.42 Å². The fraction of sp³-hybridized carbons (Fsp3) is 0.0667. The van der Waals surface area contributed by atoms with E-state index in [0.29, 0.717) is 27.2 Å². The Morgan fingerprint density at radius 1 is 1.32 bits per heavy atom. The van der Waals surface area contributed by atoms with Gasteiger partial charge < -0.3 is 4.42 Å². The number of furan rings is 1. The quantitative estimate of drug-likeness (QED) is 0.727. The van der Waals surface area contributed by atoms with E-state index in [1.165, 1.54) is 23.9 Å². The van der Waals surface area contributed by atoms with Crippen molar-refractivity contribution in [3.05, 3.63) is 69.0 Å². The highest BCUT2D eigenvalue weighted by molar-refractivity contribution is 7.15. The molecule has 0 radical (unpaired) electrons. The first-order chi connectivity index (χ1) is 10.6. The molecule has 0 aliphatic rings. The molecule has 0 aliphatic carbocycles. The minimum absolute atomic E-state index is 0.254. The number of carbonyl (C=O) groups is 1. The van der Waals surface area contributed by atoms with Gasteiger partial charge in [-0.1, -0.05) is 23.2 Å². The van der Waals surface area contributed by atoms with E-state index < -0.39 is 0 Å². The minimum Gasteiger partial charge on any atom is -0.472 e. The maximum atomic E-state index is 11.9. The number of benzene rings is 1. The van der Waals surface area contributed by atoms with E-state index in [4.69, 9.17) is 27.6 Å². The first-order valence-electron chi connectivity index (χ1n) is 6.34. The number of hydrogen-bond acceptors (Lipinski definition) is 4. The second-order valence-electron chi connectivity index (χ2n) is 4.51. The van der Waals surface area contributed by atoms with Crippen LogP contribution in [0.5, 0.6) is 0 Å². The third-order valence-corrected chi connectivity index (χ3v) is 4.45. The molecule has 1 N–H and O–H groups in total. The zero-order valence-corrected chi connectivity index (χ0v) is 13.5. The highest BCUT2D eigenvalue weighted by Crippen LogP contribution is 2.27. The van der Waals surface area contributed by atoms with Gasteiger partial charge in [0.1, 0.15) is 6.26 Å².